The molecule has 0 radical (unpaired) electrons. The highest BCUT2D eigenvalue weighted by Crippen LogP contribution is 2.27. The summed E-state index contributed by atoms with van der Waals surface area (Å²) < 4.78 is 5.91. The van der Waals surface area contributed by atoms with Crippen molar-refractivity contribution in [3.8, 4) is 0 Å². The zero-order chi connectivity index (χ0) is 14.7. The highest BCUT2D eigenvalue weighted by atomic mass is 32.2. The minimum absolute atomic E-state index is 0.132. The monoisotopic (exact) mass is 299 g/mol. The molecule has 2 aromatic heterocycles. The summed E-state index contributed by atoms with van der Waals surface area (Å²) >= 11 is 1.62. The molecule has 4 nitrogen and oxygen atoms in total. The molecule has 0 amide bonds. The number of para-hydroxylation sites is 1. The van der Waals surface area contributed by atoms with Crippen molar-refractivity contribution >= 4 is 22.7 Å². The molecule has 0 spiro atoms. The van der Waals surface area contributed by atoms with Gasteiger partial charge in [-0.15, -0.1) is 0 Å². The summed E-state index contributed by atoms with van der Waals surface area (Å²) in [6.45, 7) is 1.99. The van der Waals surface area contributed by atoms with Gasteiger partial charge in [0.05, 0.1) is 6.04 Å². The summed E-state index contributed by atoms with van der Waals surface area (Å²) in [7, 11) is 1.94. The zero-order valence-electron chi connectivity index (χ0n) is 12.0. The fourth-order valence-electron chi connectivity index (χ4n) is 2.10. The number of benzene rings is 1. The van der Waals surface area contributed by atoms with E-state index in [0.29, 0.717) is 0 Å². The van der Waals surface area contributed by atoms with Crippen LogP contribution in [0.25, 0.3) is 11.0 Å². The van der Waals surface area contributed by atoms with Crippen LogP contribution in [-0.4, -0.2) is 22.8 Å². The third-order valence-electron chi connectivity index (χ3n) is 3.27. The van der Waals surface area contributed by atoms with Gasteiger partial charge in [-0.3, -0.25) is 0 Å². The molecule has 108 valence electrons. The minimum atomic E-state index is 0.132. The van der Waals surface area contributed by atoms with Crippen LogP contribution < -0.4 is 5.32 Å². The number of aromatic nitrogens is 2. The van der Waals surface area contributed by atoms with E-state index in [4.69, 9.17) is 4.42 Å². The standard InChI is InChI=1S/C16H17N3OS/c1-11-8-18-16(19-9-11)21-10-13(17-2)15-7-12-5-3-4-6-14(12)20-15/h3-9,13,17H,10H2,1-2H3. The van der Waals surface area contributed by atoms with Crippen LogP contribution in [-0.2, 0) is 0 Å². The molecule has 0 bridgehead atoms. The predicted octanol–water partition coefficient (Wildman–Crippen LogP) is 3.58. The van der Waals surface area contributed by atoms with Crippen molar-refractivity contribution in [3.05, 3.63) is 54.0 Å². The number of thioether (sulfide) groups is 1. The van der Waals surface area contributed by atoms with E-state index in [0.717, 1.165) is 33.2 Å². The number of nitrogens with one attached hydrogen (secondary N) is 1. The lowest BCUT2D eigenvalue weighted by atomic mass is 10.2. The Kier molecular flexibility index (Phi) is 4.22. The molecule has 0 saturated carbocycles. The molecular weight excluding hydrogens is 282 g/mol. The Bertz CT molecular complexity index is 691. The highest BCUT2D eigenvalue weighted by Gasteiger charge is 2.15. The van der Waals surface area contributed by atoms with E-state index < -0.39 is 0 Å². The Morgan fingerprint density at radius 1 is 1.24 bits per heavy atom. The first kappa shape index (κ1) is 14.1. The van der Waals surface area contributed by atoms with Gasteiger partial charge in [0.1, 0.15) is 11.3 Å². The molecule has 0 aliphatic carbocycles. The molecule has 3 aromatic rings. The summed E-state index contributed by atoms with van der Waals surface area (Å²) in [5.74, 6) is 1.76. The number of furan rings is 1. The van der Waals surface area contributed by atoms with Gasteiger partial charge < -0.3 is 9.73 Å². The van der Waals surface area contributed by atoms with Gasteiger partial charge in [-0.05, 0) is 31.7 Å². The summed E-state index contributed by atoms with van der Waals surface area (Å²) in [5, 5.41) is 5.21. The fourth-order valence-corrected chi connectivity index (χ4v) is 3.00. The van der Waals surface area contributed by atoms with E-state index >= 15 is 0 Å². The molecule has 21 heavy (non-hydrogen) atoms. The van der Waals surface area contributed by atoms with Crippen molar-refractivity contribution in [2.75, 3.05) is 12.8 Å². The number of hydrogen-bond acceptors (Lipinski definition) is 5. The second-order valence-electron chi connectivity index (χ2n) is 4.88. The van der Waals surface area contributed by atoms with Crippen LogP contribution in [0.4, 0.5) is 0 Å². The quantitative estimate of drug-likeness (QED) is 0.576. The SMILES string of the molecule is CNC(CSc1ncc(C)cn1)c1cc2ccccc2o1. The number of rotatable bonds is 5. The van der Waals surface area contributed by atoms with Gasteiger partial charge in [-0.25, -0.2) is 9.97 Å². The van der Waals surface area contributed by atoms with E-state index in [-0.39, 0.29) is 6.04 Å². The molecule has 1 N–H and O–H groups in total. The van der Waals surface area contributed by atoms with Gasteiger partial charge in [0.25, 0.3) is 0 Å². The van der Waals surface area contributed by atoms with Crippen LogP contribution in [0.5, 0.6) is 0 Å². The smallest absolute Gasteiger partial charge is 0.187 e. The summed E-state index contributed by atoms with van der Waals surface area (Å²) in [6, 6.07) is 10.3. The summed E-state index contributed by atoms with van der Waals surface area (Å²) in [4.78, 5) is 8.63. The molecule has 0 aliphatic heterocycles. The largest absolute Gasteiger partial charge is 0.459 e. The lowest BCUT2D eigenvalue weighted by Gasteiger charge is -2.12. The van der Waals surface area contributed by atoms with Gasteiger partial charge in [0.2, 0.25) is 0 Å². The van der Waals surface area contributed by atoms with Crippen molar-refractivity contribution in [2.24, 2.45) is 0 Å². The molecule has 0 fully saturated rings. The van der Waals surface area contributed by atoms with Crippen molar-refractivity contribution in [1.29, 1.82) is 0 Å². The molecule has 1 atom stereocenters. The van der Waals surface area contributed by atoms with Gasteiger partial charge in [0.15, 0.2) is 5.16 Å². The van der Waals surface area contributed by atoms with Crippen molar-refractivity contribution < 1.29 is 4.42 Å². The Morgan fingerprint density at radius 3 is 2.71 bits per heavy atom. The molecule has 2 heterocycles. The van der Waals surface area contributed by atoms with Crippen LogP contribution in [0.3, 0.4) is 0 Å². The number of hydrogen-bond donors (Lipinski definition) is 1. The van der Waals surface area contributed by atoms with Crippen LogP contribution in [0.2, 0.25) is 0 Å². The Labute approximate surface area is 128 Å². The maximum Gasteiger partial charge on any atom is 0.187 e. The molecular formula is C16H17N3OS. The minimum Gasteiger partial charge on any atom is -0.459 e. The van der Waals surface area contributed by atoms with Crippen LogP contribution in [0.1, 0.15) is 17.4 Å². The number of fused-ring (bicyclic) bond motifs is 1. The third kappa shape index (κ3) is 3.25. The van der Waals surface area contributed by atoms with E-state index in [1.165, 1.54) is 0 Å². The van der Waals surface area contributed by atoms with Gasteiger partial charge in [-0.1, -0.05) is 30.0 Å². The van der Waals surface area contributed by atoms with E-state index in [9.17, 15) is 0 Å². The second-order valence-corrected chi connectivity index (χ2v) is 5.87. The summed E-state index contributed by atoms with van der Waals surface area (Å²) in [5.41, 5.74) is 1.99. The summed E-state index contributed by atoms with van der Waals surface area (Å²) in [6.07, 6.45) is 3.68. The maximum atomic E-state index is 5.91. The molecule has 0 aliphatic rings. The number of aryl methyl sites for hydroxylation is 1. The average Bonchev–Trinajstić information content (AvgIpc) is 2.93. The topological polar surface area (TPSA) is 51.0 Å². The van der Waals surface area contributed by atoms with E-state index in [2.05, 4.69) is 27.4 Å². The average molecular weight is 299 g/mol. The normalized spacial score (nSPS) is 12.7. The Balaban J connectivity index is 1.73. The Hall–Kier alpha value is -1.85. The lowest BCUT2D eigenvalue weighted by Crippen LogP contribution is -2.18. The highest BCUT2D eigenvalue weighted by molar-refractivity contribution is 7.99. The number of nitrogens with zero attached hydrogens (tertiary/aromatic N) is 2. The fraction of sp³-hybridized carbons (Fsp3) is 0.250. The molecule has 3 rings (SSSR count). The van der Waals surface area contributed by atoms with Gasteiger partial charge >= 0.3 is 0 Å². The first-order valence-electron chi connectivity index (χ1n) is 6.83. The third-order valence-corrected chi connectivity index (χ3v) is 4.24. The maximum absolute atomic E-state index is 5.91. The first-order chi connectivity index (χ1) is 10.3. The predicted molar refractivity (Wildman–Crippen MR) is 85.5 cm³/mol. The van der Waals surface area contributed by atoms with Crippen molar-refractivity contribution in [1.82, 2.24) is 15.3 Å². The van der Waals surface area contributed by atoms with Gasteiger partial charge in [0, 0.05) is 23.5 Å². The van der Waals surface area contributed by atoms with Crippen molar-refractivity contribution in [3.63, 3.8) is 0 Å². The second kappa shape index (κ2) is 6.28. The van der Waals surface area contributed by atoms with Crippen molar-refractivity contribution in [2.45, 2.75) is 18.1 Å². The van der Waals surface area contributed by atoms with Gasteiger partial charge in [-0.2, -0.15) is 0 Å². The van der Waals surface area contributed by atoms with E-state index in [1.807, 2.05) is 44.6 Å². The lowest BCUT2D eigenvalue weighted by molar-refractivity contribution is 0.479. The molecule has 0 saturated heterocycles. The molecule has 1 unspecified atom stereocenters. The van der Waals surface area contributed by atoms with Crippen LogP contribution in [0.15, 0.2) is 52.3 Å². The zero-order valence-corrected chi connectivity index (χ0v) is 12.9. The van der Waals surface area contributed by atoms with Crippen LogP contribution >= 0.6 is 11.8 Å². The first-order valence-corrected chi connectivity index (χ1v) is 7.82. The van der Waals surface area contributed by atoms with Crippen LogP contribution in [0, 0.1) is 6.92 Å². The molecule has 5 heteroatoms. The Morgan fingerprint density at radius 2 is 2.00 bits per heavy atom. The van der Waals surface area contributed by atoms with E-state index in [1.54, 1.807) is 11.8 Å². The molecule has 1 aromatic carbocycles.